The Balaban J connectivity index is 2.11. The lowest BCUT2D eigenvalue weighted by Crippen LogP contribution is -2.10. The summed E-state index contributed by atoms with van der Waals surface area (Å²) in [7, 11) is 1.60. The van der Waals surface area contributed by atoms with Crippen molar-refractivity contribution >= 4 is 5.95 Å². The number of aromatic nitrogens is 2. The van der Waals surface area contributed by atoms with Gasteiger partial charge in [-0.15, -0.1) is 0 Å². The predicted octanol–water partition coefficient (Wildman–Crippen LogP) is 2.97. The maximum Gasteiger partial charge on any atom is 0.223 e. The van der Waals surface area contributed by atoms with Crippen molar-refractivity contribution < 1.29 is 4.74 Å². The van der Waals surface area contributed by atoms with Crippen molar-refractivity contribution in [2.75, 3.05) is 12.4 Å². The van der Waals surface area contributed by atoms with E-state index in [-0.39, 0.29) is 6.04 Å². The van der Waals surface area contributed by atoms with E-state index in [1.165, 1.54) is 11.1 Å². The number of methoxy groups -OCH3 is 1. The molecule has 1 heterocycles. The highest BCUT2D eigenvalue weighted by Crippen LogP contribution is 2.20. The lowest BCUT2D eigenvalue weighted by molar-refractivity contribution is 0.411. The van der Waals surface area contributed by atoms with Gasteiger partial charge in [0.15, 0.2) is 5.75 Å². The monoisotopic (exact) mass is 243 g/mol. The molecule has 1 aromatic carbocycles. The van der Waals surface area contributed by atoms with Crippen LogP contribution in [-0.4, -0.2) is 17.1 Å². The fourth-order valence-corrected chi connectivity index (χ4v) is 1.84. The molecule has 18 heavy (non-hydrogen) atoms. The number of hydrogen-bond acceptors (Lipinski definition) is 4. The third kappa shape index (κ3) is 2.77. The van der Waals surface area contributed by atoms with Crippen LogP contribution in [-0.2, 0) is 0 Å². The van der Waals surface area contributed by atoms with Crippen LogP contribution in [0, 0.1) is 6.92 Å². The second-order valence-electron chi connectivity index (χ2n) is 4.17. The summed E-state index contributed by atoms with van der Waals surface area (Å²) in [6.45, 7) is 4.19. The van der Waals surface area contributed by atoms with Crippen molar-refractivity contribution in [2.24, 2.45) is 0 Å². The minimum absolute atomic E-state index is 0.166. The van der Waals surface area contributed by atoms with Crippen LogP contribution < -0.4 is 10.1 Å². The first-order valence-electron chi connectivity index (χ1n) is 5.89. The van der Waals surface area contributed by atoms with E-state index >= 15 is 0 Å². The van der Waals surface area contributed by atoms with Gasteiger partial charge in [0.25, 0.3) is 0 Å². The van der Waals surface area contributed by atoms with Crippen molar-refractivity contribution in [3.63, 3.8) is 0 Å². The molecule has 1 aromatic heterocycles. The average molecular weight is 243 g/mol. The van der Waals surface area contributed by atoms with Crippen LogP contribution in [0.25, 0.3) is 0 Å². The van der Waals surface area contributed by atoms with E-state index in [1.54, 1.807) is 19.5 Å². The molecule has 0 aliphatic rings. The first kappa shape index (κ1) is 12.4. The number of nitrogens with zero attached hydrogens (tertiary/aromatic N) is 2. The molecule has 0 aliphatic heterocycles. The maximum absolute atomic E-state index is 5.03. The van der Waals surface area contributed by atoms with Gasteiger partial charge in [-0.3, -0.25) is 0 Å². The Morgan fingerprint density at radius 3 is 2.44 bits per heavy atom. The number of ether oxygens (including phenoxy) is 1. The molecular formula is C14H17N3O. The zero-order valence-corrected chi connectivity index (χ0v) is 10.8. The Labute approximate surface area is 107 Å². The SMILES string of the molecule is COc1cnc(NC(C)c2ccccc2C)nc1. The minimum atomic E-state index is 0.166. The molecule has 1 unspecified atom stereocenters. The van der Waals surface area contributed by atoms with Crippen LogP contribution in [0.5, 0.6) is 5.75 Å². The van der Waals surface area contributed by atoms with Gasteiger partial charge in [0.2, 0.25) is 5.95 Å². The van der Waals surface area contributed by atoms with E-state index in [1.807, 2.05) is 12.1 Å². The summed E-state index contributed by atoms with van der Waals surface area (Å²) in [5, 5.41) is 3.27. The fraction of sp³-hybridized carbons (Fsp3) is 0.286. The van der Waals surface area contributed by atoms with Gasteiger partial charge in [0, 0.05) is 0 Å². The molecule has 0 saturated carbocycles. The van der Waals surface area contributed by atoms with Gasteiger partial charge in [-0.05, 0) is 25.0 Å². The molecular weight excluding hydrogens is 226 g/mol. The van der Waals surface area contributed by atoms with Crippen LogP contribution in [0.3, 0.4) is 0 Å². The van der Waals surface area contributed by atoms with Crippen molar-refractivity contribution in [1.29, 1.82) is 0 Å². The number of hydrogen-bond donors (Lipinski definition) is 1. The zero-order valence-electron chi connectivity index (χ0n) is 10.8. The lowest BCUT2D eigenvalue weighted by atomic mass is 10.0. The molecule has 4 heteroatoms. The highest BCUT2D eigenvalue weighted by Gasteiger charge is 2.08. The summed E-state index contributed by atoms with van der Waals surface area (Å²) < 4.78 is 5.03. The highest BCUT2D eigenvalue weighted by atomic mass is 16.5. The van der Waals surface area contributed by atoms with Crippen molar-refractivity contribution in [3.05, 3.63) is 47.8 Å². The van der Waals surface area contributed by atoms with Crippen molar-refractivity contribution in [1.82, 2.24) is 9.97 Å². The van der Waals surface area contributed by atoms with E-state index in [2.05, 4.69) is 41.3 Å². The number of benzene rings is 1. The van der Waals surface area contributed by atoms with Gasteiger partial charge in [-0.25, -0.2) is 9.97 Å². The van der Waals surface area contributed by atoms with E-state index in [9.17, 15) is 0 Å². The fourth-order valence-electron chi connectivity index (χ4n) is 1.84. The summed E-state index contributed by atoms with van der Waals surface area (Å²) in [4.78, 5) is 8.39. The molecule has 0 aliphatic carbocycles. The zero-order chi connectivity index (χ0) is 13.0. The van der Waals surface area contributed by atoms with Gasteiger partial charge >= 0.3 is 0 Å². The Hall–Kier alpha value is -2.10. The third-order valence-electron chi connectivity index (χ3n) is 2.86. The molecule has 0 fully saturated rings. The lowest BCUT2D eigenvalue weighted by Gasteiger charge is -2.16. The quantitative estimate of drug-likeness (QED) is 0.896. The number of nitrogens with one attached hydrogen (secondary N) is 1. The second-order valence-corrected chi connectivity index (χ2v) is 4.17. The maximum atomic E-state index is 5.03. The van der Waals surface area contributed by atoms with Gasteiger partial charge in [-0.2, -0.15) is 0 Å². The summed E-state index contributed by atoms with van der Waals surface area (Å²) in [5.41, 5.74) is 2.50. The van der Waals surface area contributed by atoms with Crippen LogP contribution in [0.2, 0.25) is 0 Å². The molecule has 94 valence electrons. The third-order valence-corrected chi connectivity index (χ3v) is 2.86. The van der Waals surface area contributed by atoms with Crippen molar-refractivity contribution in [3.8, 4) is 5.75 Å². The standard InChI is InChI=1S/C14H17N3O/c1-10-6-4-5-7-13(10)11(2)17-14-15-8-12(18-3)9-16-14/h4-9,11H,1-3H3,(H,15,16,17). The molecule has 1 atom stereocenters. The average Bonchev–Trinajstić information content (AvgIpc) is 2.40. The molecule has 0 radical (unpaired) electrons. The topological polar surface area (TPSA) is 47.0 Å². The Kier molecular flexibility index (Phi) is 3.77. The van der Waals surface area contributed by atoms with E-state index in [0.717, 1.165) is 0 Å². The first-order chi connectivity index (χ1) is 8.70. The van der Waals surface area contributed by atoms with E-state index < -0.39 is 0 Å². The number of aryl methyl sites for hydroxylation is 1. The largest absolute Gasteiger partial charge is 0.494 e. The Morgan fingerprint density at radius 2 is 1.83 bits per heavy atom. The van der Waals surface area contributed by atoms with E-state index in [4.69, 9.17) is 4.74 Å². The Bertz CT molecular complexity index is 511. The summed E-state index contributed by atoms with van der Waals surface area (Å²) in [6, 6.07) is 8.45. The highest BCUT2D eigenvalue weighted by molar-refractivity contribution is 5.36. The normalized spacial score (nSPS) is 11.9. The molecule has 0 bridgehead atoms. The predicted molar refractivity (Wildman–Crippen MR) is 71.8 cm³/mol. The number of rotatable bonds is 4. The van der Waals surface area contributed by atoms with Gasteiger partial charge < -0.3 is 10.1 Å². The van der Waals surface area contributed by atoms with Gasteiger partial charge in [0.05, 0.1) is 25.5 Å². The summed E-state index contributed by atoms with van der Waals surface area (Å²) in [5.74, 6) is 1.26. The minimum Gasteiger partial charge on any atom is -0.494 e. The van der Waals surface area contributed by atoms with Crippen LogP contribution >= 0.6 is 0 Å². The summed E-state index contributed by atoms with van der Waals surface area (Å²) >= 11 is 0. The molecule has 2 rings (SSSR count). The molecule has 0 spiro atoms. The Morgan fingerprint density at radius 1 is 1.17 bits per heavy atom. The second kappa shape index (κ2) is 5.49. The van der Waals surface area contributed by atoms with E-state index in [0.29, 0.717) is 11.7 Å². The molecule has 2 aromatic rings. The van der Waals surface area contributed by atoms with Gasteiger partial charge in [-0.1, -0.05) is 24.3 Å². The first-order valence-corrected chi connectivity index (χ1v) is 5.89. The molecule has 1 N–H and O–H groups in total. The van der Waals surface area contributed by atoms with Crippen LogP contribution in [0.4, 0.5) is 5.95 Å². The molecule has 0 saturated heterocycles. The number of anilines is 1. The van der Waals surface area contributed by atoms with Gasteiger partial charge in [0.1, 0.15) is 0 Å². The molecule has 4 nitrogen and oxygen atoms in total. The smallest absolute Gasteiger partial charge is 0.223 e. The van der Waals surface area contributed by atoms with Crippen molar-refractivity contribution in [2.45, 2.75) is 19.9 Å². The van der Waals surface area contributed by atoms with Crippen LogP contribution in [0.1, 0.15) is 24.1 Å². The molecule has 0 amide bonds. The van der Waals surface area contributed by atoms with Crippen LogP contribution in [0.15, 0.2) is 36.7 Å². The summed E-state index contributed by atoms with van der Waals surface area (Å²) in [6.07, 6.45) is 3.31.